The smallest absolute Gasteiger partial charge is 0.248 e. The van der Waals surface area contributed by atoms with Crippen LogP contribution in [-0.2, 0) is 4.79 Å². The first-order valence-electron chi connectivity index (χ1n) is 8.22. The largest absolute Gasteiger partial charge is 0.495 e. The minimum Gasteiger partial charge on any atom is -0.495 e. The molecule has 0 saturated carbocycles. The molecular weight excluding hydrogens is 334 g/mol. The second kappa shape index (κ2) is 7.82. The van der Waals surface area contributed by atoms with Gasteiger partial charge in [0.2, 0.25) is 11.7 Å². The predicted octanol–water partition coefficient (Wildman–Crippen LogP) is 3.44. The van der Waals surface area contributed by atoms with E-state index in [4.69, 9.17) is 18.9 Å². The molecule has 1 aliphatic rings. The highest BCUT2D eigenvalue weighted by atomic mass is 16.6. The number of anilines is 1. The maximum absolute atomic E-state index is 12.3. The SMILES string of the molecule is COc1ccc(C)cc1NC(=O)/C=C\c1cc(OC)c2c(c1)OCCO2. The van der Waals surface area contributed by atoms with Crippen molar-refractivity contribution in [3.63, 3.8) is 0 Å². The van der Waals surface area contributed by atoms with Crippen molar-refractivity contribution in [2.24, 2.45) is 0 Å². The lowest BCUT2D eigenvalue weighted by Gasteiger charge is -2.20. The lowest BCUT2D eigenvalue weighted by Crippen LogP contribution is -2.16. The topological polar surface area (TPSA) is 66.0 Å². The van der Waals surface area contributed by atoms with Gasteiger partial charge in [0, 0.05) is 6.08 Å². The molecule has 1 N–H and O–H groups in total. The molecule has 0 aliphatic carbocycles. The summed E-state index contributed by atoms with van der Waals surface area (Å²) in [4.78, 5) is 12.3. The van der Waals surface area contributed by atoms with Crippen LogP contribution in [0.25, 0.3) is 6.08 Å². The molecule has 1 amide bonds. The maximum Gasteiger partial charge on any atom is 0.248 e. The van der Waals surface area contributed by atoms with Crippen LogP contribution in [0, 0.1) is 6.92 Å². The molecule has 0 aromatic heterocycles. The molecule has 6 nitrogen and oxygen atoms in total. The number of aryl methyl sites for hydroxylation is 1. The van der Waals surface area contributed by atoms with Crippen LogP contribution in [0.2, 0.25) is 0 Å². The Kier molecular flexibility index (Phi) is 5.31. The molecule has 26 heavy (non-hydrogen) atoms. The van der Waals surface area contributed by atoms with Crippen molar-refractivity contribution in [3.05, 3.63) is 47.5 Å². The standard InChI is InChI=1S/C20H21NO5/c1-13-4-6-16(23-2)15(10-13)21-19(22)7-5-14-11-17(24-3)20-18(12-14)25-8-9-26-20/h4-7,10-12H,8-9H2,1-3H3,(H,21,22)/b7-5-. The quantitative estimate of drug-likeness (QED) is 0.833. The van der Waals surface area contributed by atoms with E-state index in [-0.39, 0.29) is 5.91 Å². The Balaban J connectivity index is 1.77. The van der Waals surface area contributed by atoms with Crippen molar-refractivity contribution in [2.75, 3.05) is 32.8 Å². The Labute approximate surface area is 152 Å². The van der Waals surface area contributed by atoms with Crippen LogP contribution in [-0.4, -0.2) is 33.3 Å². The molecule has 6 heteroatoms. The molecule has 0 saturated heterocycles. The van der Waals surface area contributed by atoms with E-state index in [0.29, 0.717) is 41.9 Å². The third-order valence-corrected chi connectivity index (χ3v) is 3.89. The summed E-state index contributed by atoms with van der Waals surface area (Å²) >= 11 is 0. The van der Waals surface area contributed by atoms with Gasteiger partial charge in [0.05, 0.1) is 19.9 Å². The molecule has 1 heterocycles. The number of hydrogen-bond donors (Lipinski definition) is 1. The molecule has 0 fully saturated rings. The molecule has 1 aliphatic heterocycles. The van der Waals surface area contributed by atoms with Gasteiger partial charge >= 0.3 is 0 Å². The minimum atomic E-state index is -0.261. The average Bonchev–Trinajstić information content (AvgIpc) is 2.66. The van der Waals surface area contributed by atoms with Gasteiger partial charge in [-0.05, 0) is 48.4 Å². The van der Waals surface area contributed by atoms with Gasteiger partial charge < -0.3 is 24.3 Å². The Morgan fingerprint density at radius 3 is 2.62 bits per heavy atom. The normalized spacial score (nSPS) is 12.7. The highest BCUT2D eigenvalue weighted by Gasteiger charge is 2.17. The van der Waals surface area contributed by atoms with Crippen LogP contribution >= 0.6 is 0 Å². The summed E-state index contributed by atoms with van der Waals surface area (Å²) in [6.07, 6.45) is 3.14. The Morgan fingerprint density at radius 2 is 1.85 bits per heavy atom. The summed E-state index contributed by atoms with van der Waals surface area (Å²) in [5.41, 5.74) is 2.43. The number of nitrogens with one attached hydrogen (secondary N) is 1. The van der Waals surface area contributed by atoms with Gasteiger partial charge in [-0.15, -0.1) is 0 Å². The molecule has 3 rings (SSSR count). The number of ether oxygens (including phenoxy) is 4. The zero-order valence-corrected chi connectivity index (χ0v) is 15.0. The fourth-order valence-electron chi connectivity index (χ4n) is 2.66. The lowest BCUT2D eigenvalue weighted by atomic mass is 10.1. The van der Waals surface area contributed by atoms with E-state index in [1.165, 1.54) is 6.08 Å². The summed E-state index contributed by atoms with van der Waals surface area (Å²) in [6.45, 7) is 2.92. The monoisotopic (exact) mass is 355 g/mol. The summed E-state index contributed by atoms with van der Waals surface area (Å²) < 4.78 is 21.8. The van der Waals surface area contributed by atoms with Crippen molar-refractivity contribution in [3.8, 4) is 23.0 Å². The number of benzene rings is 2. The summed E-state index contributed by atoms with van der Waals surface area (Å²) in [5.74, 6) is 2.12. The number of fused-ring (bicyclic) bond motifs is 1. The zero-order valence-electron chi connectivity index (χ0n) is 15.0. The third-order valence-electron chi connectivity index (χ3n) is 3.89. The summed E-state index contributed by atoms with van der Waals surface area (Å²) in [7, 11) is 3.13. The molecule has 0 unspecified atom stereocenters. The van der Waals surface area contributed by atoms with Crippen LogP contribution in [0.1, 0.15) is 11.1 Å². The number of amides is 1. The molecule has 0 radical (unpaired) electrons. The molecule has 136 valence electrons. The number of rotatable bonds is 5. The van der Waals surface area contributed by atoms with Crippen molar-refractivity contribution in [1.29, 1.82) is 0 Å². The lowest BCUT2D eigenvalue weighted by molar-refractivity contribution is -0.111. The van der Waals surface area contributed by atoms with E-state index < -0.39 is 0 Å². The highest BCUT2D eigenvalue weighted by Crippen LogP contribution is 2.40. The summed E-state index contributed by atoms with van der Waals surface area (Å²) in [6, 6.07) is 9.21. The van der Waals surface area contributed by atoms with Crippen molar-refractivity contribution in [1.82, 2.24) is 0 Å². The van der Waals surface area contributed by atoms with Gasteiger partial charge in [0.15, 0.2) is 11.5 Å². The van der Waals surface area contributed by atoms with E-state index in [9.17, 15) is 4.79 Å². The predicted molar refractivity (Wildman–Crippen MR) is 99.4 cm³/mol. The molecule has 0 bridgehead atoms. The van der Waals surface area contributed by atoms with Crippen molar-refractivity contribution < 1.29 is 23.7 Å². The number of carbonyl (C=O) groups is 1. The van der Waals surface area contributed by atoms with E-state index in [1.807, 2.05) is 31.2 Å². The molecule has 2 aromatic carbocycles. The van der Waals surface area contributed by atoms with Gasteiger partial charge in [-0.1, -0.05) is 6.07 Å². The Bertz CT molecular complexity index is 827. The second-order valence-corrected chi connectivity index (χ2v) is 5.77. The third kappa shape index (κ3) is 3.91. The first kappa shape index (κ1) is 17.7. The average molecular weight is 355 g/mol. The molecule has 2 aromatic rings. The first-order chi connectivity index (χ1) is 12.6. The maximum atomic E-state index is 12.3. The van der Waals surface area contributed by atoms with E-state index in [1.54, 1.807) is 26.4 Å². The summed E-state index contributed by atoms with van der Waals surface area (Å²) in [5, 5.41) is 2.83. The van der Waals surface area contributed by atoms with Crippen LogP contribution in [0.15, 0.2) is 36.4 Å². The first-order valence-corrected chi connectivity index (χ1v) is 8.22. The van der Waals surface area contributed by atoms with E-state index >= 15 is 0 Å². The molecule has 0 spiro atoms. The number of methoxy groups -OCH3 is 2. The fraction of sp³-hybridized carbons (Fsp3) is 0.250. The highest BCUT2D eigenvalue weighted by molar-refractivity contribution is 6.02. The van der Waals surface area contributed by atoms with Gasteiger partial charge in [0.25, 0.3) is 0 Å². The van der Waals surface area contributed by atoms with Crippen LogP contribution in [0.3, 0.4) is 0 Å². The molecular formula is C20H21NO5. The van der Waals surface area contributed by atoms with Crippen molar-refractivity contribution in [2.45, 2.75) is 6.92 Å². The van der Waals surface area contributed by atoms with Gasteiger partial charge in [-0.3, -0.25) is 4.79 Å². The van der Waals surface area contributed by atoms with Crippen LogP contribution < -0.4 is 24.3 Å². The van der Waals surface area contributed by atoms with Crippen LogP contribution in [0.4, 0.5) is 5.69 Å². The Hall–Kier alpha value is -3.15. The number of carbonyl (C=O) groups excluding carboxylic acids is 1. The molecule has 0 atom stereocenters. The van der Waals surface area contributed by atoms with Gasteiger partial charge in [0.1, 0.15) is 19.0 Å². The second-order valence-electron chi connectivity index (χ2n) is 5.77. The van der Waals surface area contributed by atoms with Crippen LogP contribution in [0.5, 0.6) is 23.0 Å². The van der Waals surface area contributed by atoms with E-state index in [0.717, 1.165) is 11.1 Å². The fourth-order valence-corrected chi connectivity index (χ4v) is 2.66. The zero-order chi connectivity index (χ0) is 18.5. The van der Waals surface area contributed by atoms with E-state index in [2.05, 4.69) is 5.32 Å². The number of hydrogen-bond acceptors (Lipinski definition) is 5. The van der Waals surface area contributed by atoms with Crippen molar-refractivity contribution >= 4 is 17.7 Å². The van der Waals surface area contributed by atoms with Gasteiger partial charge in [-0.25, -0.2) is 0 Å². The van der Waals surface area contributed by atoms with Gasteiger partial charge in [-0.2, -0.15) is 0 Å². The Morgan fingerprint density at radius 1 is 1.08 bits per heavy atom. The minimum absolute atomic E-state index is 0.261.